The van der Waals surface area contributed by atoms with E-state index in [0.29, 0.717) is 0 Å². The number of rotatable bonds is 4. The summed E-state index contributed by atoms with van der Waals surface area (Å²) in [5.74, 6) is -3.29. The van der Waals surface area contributed by atoms with Gasteiger partial charge >= 0.3 is 18.2 Å². The van der Waals surface area contributed by atoms with E-state index in [1.807, 2.05) is 0 Å². The minimum absolute atomic E-state index is 0.0143. The number of halogens is 3. The maximum absolute atomic E-state index is 12.7. The Hall–Kier alpha value is -3.11. The van der Waals surface area contributed by atoms with Gasteiger partial charge in [0.2, 0.25) is 0 Å². The van der Waals surface area contributed by atoms with E-state index in [2.05, 4.69) is 4.84 Å². The lowest BCUT2D eigenvalue weighted by Gasteiger charge is -2.27. The molecule has 0 unspecified atom stereocenters. The summed E-state index contributed by atoms with van der Waals surface area (Å²) in [5.41, 5.74) is -1.13. The molecular formula is C17H17F3N2O6. The molecule has 28 heavy (non-hydrogen) atoms. The fourth-order valence-corrected chi connectivity index (χ4v) is 2.26. The quantitative estimate of drug-likeness (QED) is 0.719. The maximum atomic E-state index is 12.7. The molecule has 0 bridgehead atoms. The fraction of sp³-hybridized carbons (Fsp3) is 0.412. The Labute approximate surface area is 157 Å². The molecule has 1 aromatic carbocycles. The van der Waals surface area contributed by atoms with Gasteiger partial charge in [-0.15, -0.1) is 0 Å². The third kappa shape index (κ3) is 5.21. The average Bonchev–Trinajstić information content (AvgIpc) is 2.77. The second-order valence-electron chi connectivity index (χ2n) is 6.87. The number of ether oxygens (including phenoxy) is 1. The molecular weight excluding hydrogens is 385 g/mol. The highest BCUT2D eigenvalue weighted by atomic mass is 19.4. The van der Waals surface area contributed by atoms with Crippen molar-refractivity contribution in [3.63, 3.8) is 0 Å². The maximum Gasteiger partial charge on any atom is 0.411 e. The lowest BCUT2D eigenvalue weighted by Crippen LogP contribution is -2.46. The minimum Gasteiger partial charge on any atom is -0.444 e. The highest BCUT2D eigenvalue weighted by Gasteiger charge is 2.40. The predicted molar refractivity (Wildman–Crippen MR) is 86.9 cm³/mol. The van der Waals surface area contributed by atoms with E-state index < -0.39 is 48.7 Å². The number of benzene rings is 1. The molecule has 2 rings (SSSR count). The van der Waals surface area contributed by atoms with E-state index >= 15 is 0 Å². The molecule has 0 atom stereocenters. The molecule has 0 aliphatic carbocycles. The first kappa shape index (κ1) is 21.2. The van der Waals surface area contributed by atoms with Crippen LogP contribution in [0.5, 0.6) is 0 Å². The number of alkyl halides is 3. The number of nitrogens with zero attached hydrogens (tertiary/aromatic N) is 2. The van der Waals surface area contributed by atoms with Crippen LogP contribution in [0.15, 0.2) is 24.3 Å². The third-order valence-corrected chi connectivity index (χ3v) is 3.29. The summed E-state index contributed by atoms with van der Waals surface area (Å²) in [6, 6.07) is 5.64. The molecule has 152 valence electrons. The van der Waals surface area contributed by atoms with Crippen LogP contribution in [0.25, 0.3) is 0 Å². The number of imide groups is 1. The molecule has 0 saturated carbocycles. The van der Waals surface area contributed by atoms with Gasteiger partial charge in [-0.1, -0.05) is 17.2 Å². The number of hydrogen-bond donors (Lipinski definition) is 0. The van der Waals surface area contributed by atoms with Gasteiger partial charge in [0.05, 0.1) is 11.1 Å². The van der Waals surface area contributed by atoms with Crippen molar-refractivity contribution < 1.29 is 41.9 Å². The van der Waals surface area contributed by atoms with Gasteiger partial charge in [-0.05, 0) is 32.9 Å². The zero-order chi connectivity index (χ0) is 21.3. The Morgan fingerprint density at radius 1 is 1.04 bits per heavy atom. The Kier molecular flexibility index (Phi) is 5.67. The summed E-state index contributed by atoms with van der Waals surface area (Å²) >= 11 is 0. The molecule has 0 spiro atoms. The second kappa shape index (κ2) is 7.49. The lowest BCUT2D eigenvalue weighted by atomic mass is 10.1. The van der Waals surface area contributed by atoms with Gasteiger partial charge in [0.1, 0.15) is 18.7 Å². The first-order valence-electron chi connectivity index (χ1n) is 8.02. The zero-order valence-corrected chi connectivity index (χ0v) is 15.2. The molecule has 0 saturated heterocycles. The second-order valence-corrected chi connectivity index (χ2v) is 6.87. The van der Waals surface area contributed by atoms with Crippen molar-refractivity contribution in [1.82, 2.24) is 9.96 Å². The summed E-state index contributed by atoms with van der Waals surface area (Å²) in [6.07, 6.45) is -6.21. The summed E-state index contributed by atoms with van der Waals surface area (Å²) in [7, 11) is 0. The largest absolute Gasteiger partial charge is 0.444 e. The van der Waals surface area contributed by atoms with Crippen LogP contribution in [0.2, 0.25) is 0 Å². The van der Waals surface area contributed by atoms with Crippen LogP contribution < -0.4 is 0 Å². The highest BCUT2D eigenvalue weighted by Crippen LogP contribution is 2.23. The molecule has 0 aromatic heterocycles. The minimum atomic E-state index is -4.81. The Morgan fingerprint density at radius 3 is 1.96 bits per heavy atom. The Bertz CT molecular complexity index is 781. The molecule has 11 heteroatoms. The lowest BCUT2D eigenvalue weighted by molar-refractivity contribution is -0.174. The molecule has 1 aliphatic heterocycles. The van der Waals surface area contributed by atoms with Gasteiger partial charge < -0.3 is 9.57 Å². The van der Waals surface area contributed by atoms with Gasteiger partial charge in [0.25, 0.3) is 11.8 Å². The smallest absolute Gasteiger partial charge is 0.411 e. The van der Waals surface area contributed by atoms with E-state index in [9.17, 15) is 32.3 Å². The predicted octanol–water partition coefficient (Wildman–Crippen LogP) is 2.54. The fourth-order valence-electron chi connectivity index (χ4n) is 2.26. The van der Waals surface area contributed by atoms with Gasteiger partial charge in [-0.2, -0.15) is 13.2 Å². The van der Waals surface area contributed by atoms with Crippen LogP contribution >= 0.6 is 0 Å². The van der Waals surface area contributed by atoms with Crippen LogP contribution in [0.4, 0.5) is 18.0 Å². The summed E-state index contributed by atoms with van der Waals surface area (Å²) < 4.78 is 43.1. The highest BCUT2D eigenvalue weighted by molar-refractivity contribution is 6.20. The molecule has 8 nitrogen and oxygen atoms in total. The number of carbonyl (C=O) groups excluding carboxylic acids is 4. The third-order valence-electron chi connectivity index (χ3n) is 3.29. The van der Waals surface area contributed by atoms with E-state index in [0.717, 1.165) is 0 Å². The van der Waals surface area contributed by atoms with Gasteiger partial charge in [-0.3, -0.25) is 14.5 Å². The Balaban J connectivity index is 2.10. The van der Waals surface area contributed by atoms with Crippen LogP contribution in [0.3, 0.4) is 0 Å². The topological polar surface area (TPSA) is 93.2 Å². The van der Waals surface area contributed by atoms with Crippen molar-refractivity contribution in [2.24, 2.45) is 0 Å². The molecule has 0 N–H and O–H groups in total. The summed E-state index contributed by atoms with van der Waals surface area (Å²) in [6.45, 7) is 1.36. The molecule has 3 amide bonds. The van der Waals surface area contributed by atoms with Gasteiger partial charge in [0.15, 0.2) is 0 Å². The van der Waals surface area contributed by atoms with Crippen molar-refractivity contribution in [3.8, 4) is 0 Å². The zero-order valence-electron chi connectivity index (χ0n) is 15.2. The van der Waals surface area contributed by atoms with Crippen LogP contribution in [-0.4, -0.2) is 58.7 Å². The first-order valence-corrected chi connectivity index (χ1v) is 8.02. The van der Waals surface area contributed by atoms with E-state index in [1.165, 1.54) is 45.0 Å². The summed E-state index contributed by atoms with van der Waals surface area (Å²) in [5, 5.41) is 0.147. The summed E-state index contributed by atoms with van der Waals surface area (Å²) in [4.78, 5) is 52.9. The van der Waals surface area contributed by atoms with Crippen LogP contribution in [0.1, 0.15) is 41.5 Å². The number of amides is 3. The first-order chi connectivity index (χ1) is 12.8. The number of hydrogen-bond acceptors (Lipinski definition) is 6. The number of carbonyl (C=O) groups is 4. The van der Waals surface area contributed by atoms with E-state index in [1.54, 1.807) is 0 Å². The normalized spacial score (nSPS) is 14.0. The molecule has 0 fully saturated rings. The van der Waals surface area contributed by atoms with E-state index in [4.69, 9.17) is 4.74 Å². The number of fused-ring (bicyclic) bond motifs is 1. The van der Waals surface area contributed by atoms with Crippen molar-refractivity contribution in [3.05, 3.63) is 35.4 Å². The van der Waals surface area contributed by atoms with Gasteiger partial charge in [-0.25, -0.2) is 9.59 Å². The molecule has 1 aliphatic rings. The van der Waals surface area contributed by atoms with Crippen molar-refractivity contribution >= 4 is 23.9 Å². The standard InChI is InChI=1S/C17H17F3N2O6/c1-16(2,3)27-15(26)21(9-17(18,19)20)8-12(23)28-22-13(24)10-6-4-5-7-11(10)14(22)25/h4-7H,8-9H2,1-3H3. The van der Waals surface area contributed by atoms with Crippen LogP contribution in [0, 0.1) is 0 Å². The average molecular weight is 402 g/mol. The monoisotopic (exact) mass is 402 g/mol. The molecule has 1 aromatic rings. The Morgan fingerprint density at radius 2 is 1.54 bits per heavy atom. The van der Waals surface area contributed by atoms with Crippen molar-refractivity contribution in [2.45, 2.75) is 32.5 Å². The molecule has 1 heterocycles. The molecule has 0 radical (unpaired) electrons. The van der Waals surface area contributed by atoms with E-state index in [-0.39, 0.29) is 21.1 Å². The number of hydroxylamine groups is 2. The van der Waals surface area contributed by atoms with Crippen LogP contribution in [-0.2, 0) is 14.4 Å². The van der Waals surface area contributed by atoms with Crippen molar-refractivity contribution in [1.29, 1.82) is 0 Å². The van der Waals surface area contributed by atoms with Gasteiger partial charge in [0, 0.05) is 0 Å². The van der Waals surface area contributed by atoms with Crippen molar-refractivity contribution in [2.75, 3.05) is 13.1 Å². The SMILES string of the molecule is CC(C)(C)OC(=O)N(CC(=O)ON1C(=O)c2ccccc2C1=O)CC(F)(F)F.